The maximum absolute atomic E-state index is 13.1. The van der Waals surface area contributed by atoms with Crippen molar-refractivity contribution in [3.63, 3.8) is 0 Å². The van der Waals surface area contributed by atoms with Crippen molar-refractivity contribution >= 4 is 35.0 Å². The van der Waals surface area contributed by atoms with Crippen LogP contribution in [0.2, 0.25) is 10.0 Å². The van der Waals surface area contributed by atoms with Gasteiger partial charge in [0.05, 0.1) is 6.42 Å². The van der Waals surface area contributed by atoms with E-state index < -0.39 is 6.04 Å². The summed E-state index contributed by atoms with van der Waals surface area (Å²) in [5, 5.41) is 3.85. The molecule has 0 fully saturated rings. The first kappa shape index (κ1) is 22.3. The van der Waals surface area contributed by atoms with Crippen LogP contribution in [0, 0.1) is 0 Å². The molecule has 0 heterocycles. The molecule has 2 aromatic rings. The van der Waals surface area contributed by atoms with E-state index in [2.05, 4.69) is 12.2 Å². The second-order valence-electron chi connectivity index (χ2n) is 6.70. The maximum atomic E-state index is 13.1. The molecule has 0 aliphatic heterocycles. The molecule has 0 aromatic heterocycles. The largest absolute Gasteiger partial charge is 0.354 e. The first-order valence-electron chi connectivity index (χ1n) is 9.48. The van der Waals surface area contributed by atoms with Gasteiger partial charge >= 0.3 is 0 Å². The molecule has 2 amide bonds. The summed E-state index contributed by atoms with van der Waals surface area (Å²) in [6, 6.07) is 14.0. The fourth-order valence-electron chi connectivity index (χ4n) is 2.84. The first-order chi connectivity index (χ1) is 13.4. The van der Waals surface area contributed by atoms with Crippen molar-refractivity contribution in [2.75, 3.05) is 6.54 Å². The van der Waals surface area contributed by atoms with Crippen LogP contribution in [0.3, 0.4) is 0 Å². The fourth-order valence-corrected chi connectivity index (χ4v) is 3.36. The molecule has 150 valence electrons. The van der Waals surface area contributed by atoms with Gasteiger partial charge in [0.25, 0.3) is 0 Å². The van der Waals surface area contributed by atoms with E-state index in [4.69, 9.17) is 23.2 Å². The van der Waals surface area contributed by atoms with Crippen LogP contribution in [0.25, 0.3) is 0 Å². The number of carbonyl (C=O) groups is 2. The van der Waals surface area contributed by atoms with Crippen molar-refractivity contribution in [2.45, 2.75) is 45.7 Å². The van der Waals surface area contributed by atoms with Crippen molar-refractivity contribution < 1.29 is 9.59 Å². The molecule has 0 saturated heterocycles. The molecule has 0 radical (unpaired) electrons. The highest BCUT2D eigenvalue weighted by Gasteiger charge is 2.27. The zero-order valence-corrected chi connectivity index (χ0v) is 17.8. The van der Waals surface area contributed by atoms with Gasteiger partial charge in [0.1, 0.15) is 6.04 Å². The summed E-state index contributed by atoms with van der Waals surface area (Å²) in [6.07, 6.45) is 2.09. The Labute approximate surface area is 176 Å². The minimum atomic E-state index is -0.639. The third kappa shape index (κ3) is 6.25. The van der Waals surface area contributed by atoms with E-state index in [1.807, 2.05) is 30.3 Å². The summed E-state index contributed by atoms with van der Waals surface area (Å²) in [6.45, 7) is 4.55. The summed E-state index contributed by atoms with van der Waals surface area (Å²) in [4.78, 5) is 27.2. The predicted octanol–water partition coefficient (Wildman–Crippen LogP) is 4.87. The van der Waals surface area contributed by atoms with Gasteiger partial charge in [0, 0.05) is 28.7 Å². The predicted molar refractivity (Wildman–Crippen MR) is 115 cm³/mol. The van der Waals surface area contributed by atoms with Gasteiger partial charge in [-0.25, -0.2) is 0 Å². The molecule has 0 saturated carbocycles. The smallest absolute Gasteiger partial charge is 0.242 e. The molecule has 2 rings (SSSR count). The second kappa shape index (κ2) is 11.1. The lowest BCUT2D eigenvalue weighted by atomic mass is 10.1. The van der Waals surface area contributed by atoms with Crippen LogP contribution in [0.15, 0.2) is 48.5 Å². The normalized spacial score (nSPS) is 11.7. The highest BCUT2D eigenvalue weighted by molar-refractivity contribution is 6.36. The Morgan fingerprint density at radius 1 is 1.04 bits per heavy atom. The molecule has 1 unspecified atom stereocenters. The molecule has 0 spiro atoms. The summed E-state index contributed by atoms with van der Waals surface area (Å²) in [7, 11) is 0. The van der Waals surface area contributed by atoms with Crippen LogP contribution in [-0.4, -0.2) is 29.3 Å². The van der Waals surface area contributed by atoms with Gasteiger partial charge in [0.15, 0.2) is 0 Å². The zero-order valence-electron chi connectivity index (χ0n) is 16.3. The molecule has 4 nitrogen and oxygen atoms in total. The Hall–Kier alpha value is -2.04. The number of hydrogen-bond donors (Lipinski definition) is 1. The Kier molecular flexibility index (Phi) is 8.81. The molecule has 1 N–H and O–H groups in total. The molecular weight excluding hydrogens is 395 g/mol. The van der Waals surface area contributed by atoms with Gasteiger partial charge in [-0.3, -0.25) is 9.59 Å². The highest BCUT2D eigenvalue weighted by atomic mass is 35.5. The van der Waals surface area contributed by atoms with Crippen LogP contribution in [-0.2, 0) is 22.6 Å². The molecule has 0 aliphatic rings. The number of unbranched alkanes of at least 4 members (excludes halogenated alkanes) is 1. The molecule has 28 heavy (non-hydrogen) atoms. The second-order valence-corrected chi connectivity index (χ2v) is 7.52. The quantitative estimate of drug-likeness (QED) is 0.588. The van der Waals surface area contributed by atoms with Gasteiger partial charge in [-0.2, -0.15) is 0 Å². The van der Waals surface area contributed by atoms with Crippen molar-refractivity contribution in [1.29, 1.82) is 0 Å². The minimum absolute atomic E-state index is 0.152. The van der Waals surface area contributed by atoms with Crippen LogP contribution in [0.1, 0.15) is 37.8 Å². The van der Waals surface area contributed by atoms with E-state index in [1.165, 1.54) is 0 Å². The van der Waals surface area contributed by atoms with Crippen molar-refractivity contribution in [3.05, 3.63) is 69.7 Å². The standard InChI is InChI=1S/C22H26Cl2N2O2/c1-3-4-13-25-22(28)16(2)26(15-18-19(23)11-8-12-20(18)24)21(27)14-17-9-6-5-7-10-17/h5-12,16H,3-4,13-15H2,1-2H3,(H,25,28). The van der Waals surface area contributed by atoms with Gasteiger partial charge in [-0.1, -0.05) is 72.9 Å². The molecule has 0 aliphatic carbocycles. The Bertz CT molecular complexity index is 776. The lowest BCUT2D eigenvalue weighted by molar-refractivity contribution is -0.140. The summed E-state index contributed by atoms with van der Waals surface area (Å²) in [5.74, 6) is -0.335. The van der Waals surface area contributed by atoms with E-state index in [1.54, 1.807) is 30.0 Å². The number of halogens is 2. The minimum Gasteiger partial charge on any atom is -0.354 e. The number of amides is 2. The van der Waals surface area contributed by atoms with E-state index in [-0.39, 0.29) is 24.8 Å². The summed E-state index contributed by atoms with van der Waals surface area (Å²) >= 11 is 12.6. The lowest BCUT2D eigenvalue weighted by Crippen LogP contribution is -2.48. The van der Waals surface area contributed by atoms with Gasteiger partial charge < -0.3 is 10.2 Å². The van der Waals surface area contributed by atoms with Crippen LogP contribution in [0.4, 0.5) is 0 Å². The third-order valence-electron chi connectivity index (χ3n) is 4.59. The van der Waals surface area contributed by atoms with Crippen molar-refractivity contribution in [1.82, 2.24) is 10.2 Å². The fraction of sp³-hybridized carbons (Fsp3) is 0.364. The summed E-state index contributed by atoms with van der Waals surface area (Å²) < 4.78 is 0. The van der Waals surface area contributed by atoms with Gasteiger partial charge in [-0.05, 0) is 31.0 Å². The molecular formula is C22H26Cl2N2O2. The maximum Gasteiger partial charge on any atom is 0.242 e. The average molecular weight is 421 g/mol. The molecule has 0 bridgehead atoms. The Morgan fingerprint density at radius 3 is 2.29 bits per heavy atom. The zero-order chi connectivity index (χ0) is 20.5. The monoisotopic (exact) mass is 420 g/mol. The van der Waals surface area contributed by atoms with E-state index in [0.29, 0.717) is 22.2 Å². The van der Waals surface area contributed by atoms with Gasteiger partial charge in [-0.15, -0.1) is 0 Å². The topological polar surface area (TPSA) is 49.4 Å². The average Bonchev–Trinajstić information content (AvgIpc) is 2.68. The number of benzene rings is 2. The number of hydrogen-bond acceptors (Lipinski definition) is 2. The van der Waals surface area contributed by atoms with Crippen LogP contribution in [0.5, 0.6) is 0 Å². The summed E-state index contributed by atoms with van der Waals surface area (Å²) in [5.41, 5.74) is 1.53. The van der Waals surface area contributed by atoms with Crippen molar-refractivity contribution in [2.24, 2.45) is 0 Å². The molecule has 1 atom stereocenters. The number of rotatable bonds is 9. The Morgan fingerprint density at radius 2 is 1.68 bits per heavy atom. The highest BCUT2D eigenvalue weighted by Crippen LogP contribution is 2.26. The number of carbonyl (C=O) groups excluding carboxylic acids is 2. The number of nitrogens with zero attached hydrogens (tertiary/aromatic N) is 1. The molecule has 2 aromatic carbocycles. The first-order valence-corrected chi connectivity index (χ1v) is 10.2. The van der Waals surface area contributed by atoms with Gasteiger partial charge in [0.2, 0.25) is 11.8 Å². The molecule has 6 heteroatoms. The Balaban J connectivity index is 2.23. The van der Waals surface area contributed by atoms with E-state index in [0.717, 1.165) is 18.4 Å². The third-order valence-corrected chi connectivity index (χ3v) is 5.29. The van der Waals surface area contributed by atoms with Crippen LogP contribution < -0.4 is 5.32 Å². The number of nitrogens with one attached hydrogen (secondary N) is 1. The van der Waals surface area contributed by atoms with Crippen molar-refractivity contribution in [3.8, 4) is 0 Å². The van der Waals surface area contributed by atoms with E-state index in [9.17, 15) is 9.59 Å². The SMILES string of the molecule is CCCCNC(=O)C(C)N(Cc1c(Cl)cccc1Cl)C(=O)Cc1ccccc1. The van der Waals surface area contributed by atoms with Crippen LogP contribution >= 0.6 is 23.2 Å². The lowest BCUT2D eigenvalue weighted by Gasteiger charge is -2.29. The van der Waals surface area contributed by atoms with E-state index >= 15 is 0 Å².